The molecule has 3 aromatic rings. The van der Waals surface area contributed by atoms with Crippen LogP contribution >= 0.6 is 0 Å². The van der Waals surface area contributed by atoms with Gasteiger partial charge >= 0.3 is 0 Å². The molecule has 2 aromatic heterocycles. The van der Waals surface area contributed by atoms with Crippen molar-refractivity contribution in [3.8, 4) is 5.69 Å². The molecule has 0 fully saturated rings. The normalized spacial score (nSPS) is 11.0. The molecular formula is C18H21N5O. The highest BCUT2D eigenvalue weighted by Crippen LogP contribution is 2.22. The summed E-state index contributed by atoms with van der Waals surface area (Å²) in [6.45, 7) is 6.28. The van der Waals surface area contributed by atoms with Crippen LogP contribution in [0.4, 0.5) is 5.82 Å². The van der Waals surface area contributed by atoms with Gasteiger partial charge in [0.05, 0.1) is 23.4 Å². The van der Waals surface area contributed by atoms with E-state index >= 15 is 0 Å². The Hall–Kier alpha value is -2.89. The zero-order valence-electron chi connectivity index (χ0n) is 14.1. The van der Waals surface area contributed by atoms with Crippen molar-refractivity contribution in [2.45, 2.75) is 33.2 Å². The number of para-hydroxylation sites is 1. The van der Waals surface area contributed by atoms with Crippen LogP contribution in [0.3, 0.4) is 0 Å². The van der Waals surface area contributed by atoms with Gasteiger partial charge in [-0.15, -0.1) is 0 Å². The Morgan fingerprint density at radius 1 is 1.25 bits per heavy atom. The zero-order valence-corrected chi connectivity index (χ0v) is 14.1. The number of hydrogen-bond acceptors (Lipinski definition) is 3. The van der Waals surface area contributed by atoms with Gasteiger partial charge in [0.1, 0.15) is 12.4 Å². The summed E-state index contributed by atoms with van der Waals surface area (Å²) in [5, 5.41) is 7.58. The average Bonchev–Trinajstić information content (AvgIpc) is 3.15. The fraction of sp³-hybridized carbons (Fsp3) is 0.278. The second kappa shape index (κ2) is 6.70. The van der Waals surface area contributed by atoms with Crippen molar-refractivity contribution in [3.05, 3.63) is 60.3 Å². The van der Waals surface area contributed by atoms with E-state index in [0.29, 0.717) is 5.82 Å². The third-order valence-electron chi connectivity index (χ3n) is 3.68. The third-order valence-corrected chi connectivity index (χ3v) is 3.68. The summed E-state index contributed by atoms with van der Waals surface area (Å²) < 4.78 is 3.53. The van der Waals surface area contributed by atoms with Crippen molar-refractivity contribution in [1.82, 2.24) is 19.3 Å². The summed E-state index contributed by atoms with van der Waals surface area (Å²) in [6, 6.07) is 11.7. The van der Waals surface area contributed by atoms with Crippen molar-refractivity contribution >= 4 is 11.7 Å². The maximum Gasteiger partial charge on any atom is 0.245 e. The molecule has 2 heterocycles. The molecule has 0 atom stereocenters. The summed E-state index contributed by atoms with van der Waals surface area (Å²) in [7, 11) is 0. The number of aromatic nitrogens is 4. The predicted octanol–water partition coefficient (Wildman–Crippen LogP) is 3.14. The molecule has 3 rings (SSSR count). The molecule has 0 saturated carbocycles. The van der Waals surface area contributed by atoms with Crippen LogP contribution in [0, 0.1) is 6.92 Å². The van der Waals surface area contributed by atoms with Crippen molar-refractivity contribution in [2.24, 2.45) is 0 Å². The lowest BCUT2D eigenvalue weighted by atomic mass is 10.1. The molecule has 1 N–H and O–H groups in total. The second-order valence-electron chi connectivity index (χ2n) is 6.09. The van der Waals surface area contributed by atoms with Crippen LogP contribution in [0.15, 0.2) is 48.9 Å². The zero-order chi connectivity index (χ0) is 17.1. The molecule has 0 spiro atoms. The number of nitrogens with one attached hydrogen (secondary N) is 1. The summed E-state index contributed by atoms with van der Waals surface area (Å²) in [6.07, 6.45) is 3.50. The monoisotopic (exact) mass is 323 g/mol. The Balaban J connectivity index is 1.85. The average molecular weight is 323 g/mol. The molecule has 124 valence electrons. The number of rotatable bonds is 5. The quantitative estimate of drug-likeness (QED) is 0.784. The van der Waals surface area contributed by atoms with E-state index in [1.807, 2.05) is 49.5 Å². The van der Waals surface area contributed by atoms with Crippen LogP contribution in [0.2, 0.25) is 0 Å². The lowest BCUT2D eigenvalue weighted by Gasteiger charge is -2.09. The first kappa shape index (κ1) is 16.0. The van der Waals surface area contributed by atoms with E-state index in [2.05, 4.69) is 29.2 Å². The van der Waals surface area contributed by atoms with E-state index in [1.54, 1.807) is 15.6 Å². The number of carbonyl (C=O) groups is 1. The number of carbonyl (C=O) groups excluding carboxylic acids is 1. The van der Waals surface area contributed by atoms with E-state index in [9.17, 15) is 4.79 Å². The summed E-state index contributed by atoms with van der Waals surface area (Å²) in [5.41, 5.74) is 2.74. The van der Waals surface area contributed by atoms with Crippen molar-refractivity contribution in [3.63, 3.8) is 0 Å². The minimum absolute atomic E-state index is 0.111. The molecule has 1 amide bonds. The van der Waals surface area contributed by atoms with Crippen LogP contribution in [-0.4, -0.2) is 25.2 Å². The molecule has 6 nitrogen and oxygen atoms in total. The van der Waals surface area contributed by atoms with E-state index in [1.165, 1.54) is 0 Å². The standard InChI is InChI=1S/C18H21N5O/c1-13(2)16-9-17(23(21-16)15-7-5-4-6-8-15)20-18(24)11-22-10-14(3)19-12-22/h4-10,12-13H,11H2,1-3H3,(H,20,24). The van der Waals surface area contributed by atoms with E-state index < -0.39 is 0 Å². The van der Waals surface area contributed by atoms with Crippen molar-refractivity contribution < 1.29 is 4.79 Å². The molecule has 0 aliphatic carbocycles. The molecule has 24 heavy (non-hydrogen) atoms. The molecule has 1 aromatic carbocycles. The van der Waals surface area contributed by atoms with Crippen molar-refractivity contribution in [2.75, 3.05) is 5.32 Å². The van der Waals surface area contributed by atoms with E-state index in [4.69, 9.17) is 0 Å². The molecular weight excluding hydrogens is 302 g/mol. The van der Waals surface area contributed by atoms with E-state index in [0.717, 1.165) is 17.1 Å². The summed E-state index contributed by atoms with van der Waals surface area (Å²) in [5.74, 6) is 0.841. The maximum absolute atomic E-state index is 12.4. The first-order valence-electron chi connectivity index (χ1n) is 7.96. The number of anilines is 1. The number of benzene rings is 1. The van der Waals surface area contributed by atoms with Gasteiger partial charge in [-0.25, -0.2) is 9.67 Å². The van der Waals surface area contributed by atoms with Crippen LogP contribution < -0.4 is 5.32 Å². The van der Waals surface area contributed by atoms with Gasteiger partial charge in [-0.1, -0.05) is 32.0 Å². The molecule has 0 aliphatic rings. The third kappa shape index (κ3) is 3.53. The van der Waals surface area contributed by atoms with Crippen LogP contribution in [0.25, 0.3) is 5.69 Å². The van der Waals surface area contributed by atoms with Crippen LogP contribution in [0.5, 0.6) is 0 Å². The van der Waals surface area contributed by atoms with Gasteiger partial charge < -0.3 is 9.88 Å². The topological polar surface area (TPSA) is 64.7 Å². The largest absolute Gasteiger partial charge is 0.328 e. The fourth-order valence-corrected chi connectivity index (χ4v) is 2.44. The Morgan fingerprint density at radius 3 is 2.62 bits per heavy atom. The van der Waals surface area contributed by atoms with Gasteiger partial charge in [0.25, 0.3) is 0 Å². The number of hydrogen-bond donors (Lipinski definition) is 1. The minimum atomic E-state index is -0.111. The highest BCUT2D eigenvalue weighted by molar-refractivity contribution is 5.90. The van der Waals surface area contributed by atoms with Gasteiger partial charge in [0.15, 0.2) is 0 Å². The molecule has 0 bridgehead atoms. The number of amides is 1. The predicted molar refractivity (Wildman–Crippen MR) is 93.2 cm³/mol. The Labute approximate surface area is 141 Å². The minimum Gasteiger partial charge on any atom is -0.328 e. The Morgan fingerprint density at radius 2 is 2.00 bits per heavy atom. The highest BCUT2D eigenvalue weighted by atomic mass is 16.2. The van der Waals surface area contributed by atoms with E-state index in [-0.39, 0.29) is 18.4 Å². The van der Waals surface area contributed by atoms with Gasteiger partial charge in [-0.3, -0.25) is 4.79 Å². The second-order valence-corrected chi connectivity index (χ2v) is 6.09. The summed E-state index contributed by atoms with van der Waals surface area (Å²) in [4.78, 5) is 16.5. The first-order valence-corrected chi connectivity index (χ1v) is 7.96. The van der Waals surface area contributed by atoms with Gasteiger partial charge in [-0.2, -0.15) is 5.10 Å². The van der Waals surface area contributed by atoms with Crippen molar-refractivity contribution in [1.29, 1.82) is 0 Å². The molecule has 0 radical (unpaired) electrons. The maximum atomic E-state index is 12.4. The molecule has 0 unspecified atom stereocenters. The number of aryl methyl sites for hydroxylation is 1. The number of nitrogens with zero attached hydrogens (tertiary/aromatic N) is 4. The van der Waals surface area contributed by atoms with Gasteiger partial charge in [0.2, 0.25) is 5.91 Å². The van der Waals surface area contributed by atoms with Crippen LogP contribution in [0.1, 0.15) is 31.2 Å². The highest BCUT2D eigenvalue weighted by Gasteiger charge is 2.14. The molecule has 0 aliphatic heterocycles. The van der Waals surface area contributed by atoms with Gasteiger partial charge in [-0.05, 0) is 25.0 Å². The fourth-order valence-electron chi connectivity index (χ4n) is 2.44. The lowest BCUT2D eigenvalue weighted by molar-refractivity contribution is -0.116. The van der Waals surface area contributed by atoms with Crippen LogP contribution in [-0.2, 0) is 11.3 Å². The molecule has 0 saturated heterocycles. The Kier molecular flexibility index (Phi) is 4.46. The van der Waals surface area contributed by atoms with Gasteiger partial charge in [0, 0.05) is 12.3 Å². The number of imidazole rings is 1. The molecule has 6 heteroatoms. The first-order chi connectivity index (χ1) is 11.5. The Bertz CT molecular complexity index is 832. The summed E-state index contributed by atoms with van der Waals surface area (Å²) >= 11 is 0. The SMILES string of the molecule is Cc1cn(CC(=O)Nc2cc(C(C)C)nn2-c2ccccc2)cn1. The lowest BCUT2D eigenvalue weighted by Crippen LogP contribution is -2.19. The smallest absolute Gasteiger partial charge is 0.245 e.